The first-order valence-corrected chi connectivity index (χ1v) is 10.1. The van der Waals surface area contributed by atoms with Crippen LogP contribution in [-0.4, -0.2) is 42.7 Å². The van der Waals surface area contributed by atoms with Crippen molar-refractivity contribution < 1.29 is 4.39 Å². The zero-order valence-corrected chi connectivity index (χ0v) is 16.5. The molecule has 0 amide bonds. The van der Waals surface area contributed by atoms with Gasteiger partial charge < -0.3 is 15.5 Å². The van der Waals surface area contributed by atoms with Gasteiger partial charge in [0.15, 0.2) is 17.6 Å². The number of benzene rings is 1. The SMILES string of the molecule is CCN=C(NC1CCN(c2ncccc2F)C1)NC1CC1c1ccccc1C. The second-order valence-electron chi connectivity index (χ2n) is 7.66. The standard InChI is InChI=1S/C22H28FN5/c1-3-24-22(27-20-13-18(20)17-8-5-4-7-15(17)2)26-16-10-12-28(14-16)21-19(23)9-6-11-25-21/h4-9,11,16,18,20H,3,10,12-14H2,1-2H3,(H2,24,26,27). The highest BCUT2D eigenvalue weighted by Crippen LogP contribution is 2.42. The minimum absolute atomic E-state index is 0.231. The van der Waals surface area contributed by atoms with E-state index in [2.05, 4.69) is 51.8 Å². The largest absolute Gasteiger partial charge is 0.353 e. The molecule has 1 saturated heterocycles. The van der Waals surface area contributed by atoms with Crippen molar-refractivity contribution in [3.63, 3.8) is 0 Å². The highest BCUT2D eigenvalue weighted by Gasteiger charge is 2.40. The van der Waals surface area contributed by atoms with E-state index < -0.39 is 0 Å². The summed E-state index contributed by atoms with van der Waals surface area (Å²) in [6, 6.07) is 12.3. The van der Waals surface area contributed by atoms with Gasteiger partial charge in [-0.1, -0.05) is 24.3 Å². The number of aliphatic imine (C=N–C) groups is 1. The zero-order chi connectivity index (χ0) is 19.5. The Bertz CT molecular complexity index is 852. The van der Waals surface area contributed by atoms with Gasteiger partial charge in [0.25, 0.3) is 0 Å². The molecule has 2 heterocycles. The van der Waals surface area contributed by atoms with E-state index in [1.54, 1.807) is 12.3 Å². The van der Waals surface area contributed by atoms with Gasteiger partial charge in [0.05, 0.1) is 0 Å². The Kier molecular flexibility index (Phi) is 5.46. The Balaban J connectivity index is 1.35. The third-order valence-electron chi connectivity index (χ3n) is 5.58. The molecule has 1 saturated carbocycles. The van der Waals surface area contributed by atoms with Crippen molar-refractivity contribution in [1.82, 2.24) is 15.6 Å². The molecule has 2 aliphatic rings. The Hall–Kier alpha value is -2.63. The summed E-state index contributed by atoms with van der Waals surface area (Å²) in [7, 11) is 0. The van der Waals surface area contributed by atoms with Crippen molar-refractivity contribution in [2.75, 3.05) is 24.5 Å². The predicted molar refractivity (Wildman–Crippen MR) is 111 cm³/mol. The normalized spacial score (nSPS) is 24.3. The summed E-state index contributed by atoms with van der Waals surface area (Å²) >= 11 is 0. The van der Waals surface area contributed by atoms with E-state index in [1.165, 1.54) is 17.2 Å². The second kappa shape index (κ2) is 8.17. The van der Waals surface area contributed by atoms with E-state index in [0.29, 0.717) is 17.8 Å². The average molecular weight is 381 g/mol. The van der Waals surface area contributed by atoms with Gasteiger partial charge >= 0.3 is 0 Å². The van der Waals surface area contributed by atoms with Gasteiger partial charge in [-0.25, -0.2) is 9.37 Å². The van der Waals surface area contributed by atoms with Crippen molar-refractivity contribution in [3.8, 4) is 0 Å². The van der Waals surface area contributed by atoms with Crippen LogP contribution in [0.1, 0.15) is 36.8 Å². The molecule has 6 heteroatoms. The molecule has 1 aliphatic heterocycles. The number of aryl methyl sites for hydroxylation is 1. The first-order chi connectivity index (χ1) is 13.7. The number of nitrogens with one attached hydrogen (secondary N) is 2. The summed E-state index contributed by atoms with van der Waals surface area (Å²) in [6.45, 7) is 6.46. The van der Waals surface area contributed by atoms with Crippen LogP contribution in [0.3, 0.4) is 0 Å². The van der Waals surface area contributed by atoms with Crippen molar-refractivity contribution in [3.05, 3.63) is 59.5 Å². The third-order valence-corrected chi connectivity index (χ3v) is 5.58. The lowest BCUT2D eigenvalue weighted by Crippen LogP contribution is -2.45. The van der Waals surface area contributed by atoms with E-state index in [0.717, 1.165) is 38.4 Å². The van der Waals surface area contributed by atoms with Crippen molar-refractivity contribution in [1.29, 1.82) is 0 Å². The summed E-state index contributed by atoms with van der Waals surface area (Å²) in [5, 5.41) is 7.13. The molecule has 5 nitrogen and oxygen atoms in total. The highest BCUT2D eigenvalue weighted by atomic mass is 19.1. The number of guanidine groups is 1. The van der Waals surface area contributed by atoms with Gasteiger partial charge in [-0.2, -0.15) is 0 Å². The molecule has 0 spiro atoms. The zero-order valence-electron chi connectivity index (χ0n) is 16.5. The van der Waals surface area contributed by atoms with Crippen molar-refractivity contribution in [2.45, 2.75) is 44.7 Å². The number of rotatable bonds is 5. The smallest absolute Gasteiger partial charge is 0.191 e. The fourth-order valence-corrected chi connectivity index (χ4v) is 4.04. The molecule has 2 aromatic rings. The van der Waals surface area contributed by atoms with Crippen LogP contribution < -0.4 is 15.5 Å². The number of hydrogen-bond acceptors (Lipinski definition) is 3. The molecular formula is C22H28FN5. The van der Waals surface area contributed by atoms with Gasteiger partial charge in [-0.3, -0.25) is 4.99 Å². The Labute approximate surface area is 166 Å². The lowest BCUT2D eigenvalue weighted by molar-refractivity contribution is 0.612. The van der Waals surface area contributed by atoms with Gasteiger partial charge in [0.1, 0.15) is 0 Å². The molecule has 0 bridgehead atoms. The fourth-order valence-electron chi connectivity index (χ4n) is 4.04. The van der Waals surface area contributed by atoms with Gasteiger partial charge in [0, 0.05) is 43.8 Å². The summed E-state index contributed by atoms with van der Waals surface area (Å²) in [6.07, 6.45) is 3.71. The van der Waals surface area contributed by atoms with Gasteiger partial charge in [-0.05, 0) is 49.9 Å². The van der Waals surface area contributed by atoms with Gasteiger partial charge in [0.2, 0.25) is 0 Å². The number of halogens is 1. The number of pyridine rings is 1. The van der Waals surface area contributed by atoms with E-state index in [-0.39, 0.29) is 11.9 Å². The lowest BCUT2D eigenvalue weighted by atomic mass is 10.0. The number of anilines is 1. The Morgan fingerprint density at radius 1 is 1.25 bits per heavy atom. The average Bonchev–Trinajstić information content (AvgIpc) is 3.28. The molecule has 3 unspecified atom stereocenters. The summed E-state index contributed by atoms with van der Waals surface area (Å²) in [5.74, 6) is 1.59. The van der Waals surface area contributed by atoms with Gasteiger partial charge in [-0.15, -0.1) is 0 Å². The Morgan fingerprint density at radius 2 is 2.11 bits per heavy atom. The maximum Gasteiger partial charge on any atom is 0.191 e. The van der Waals surface area contributed by atoms with Crippen LogP contribution in [-0.2, 0) is 0 Å². The topological polar surface area (TPSA) is 52.6 Å². The van der Waals surface area contributed by atoms with Crippen LogP contribution >= 0.6 is 0 Å². The minimum atomic E-state index is -0.261. The maximum absolute atomic E-state index is 14.0. The van der Waals surface area contributed by atoms with Crippen LogP contribution in [0.2, 0.25) is 0 Å². The maximum atomic E-state index is 14.0. The molecule has 1 aromatic carbocycles. The quantitative estimate of drug-likeness (QED) is 0.617. The summed E-state index contributed by atoms with van der Waals surface area (Å²) in [4.78, 5) is 10.8. The van der Waals surface area contributed by atoms with Crippen LogP contribution in [0.5, 0.6) is 0 Å². The van der Waals surface area contributed by atoms with Crippen LogP contribution in [0, 0.1) is 12.7 Å². The van der Waals surface area contributed by atoms with Crippen LogP contribution in [0.25, 0.3) is 0 Å². The fraction of sp³-hybridized carbons (Fsp3) is 0.455. The molecule has 2 fully saturated rings. The molecule has 3 atom stereocenters. The van der Waals surface area contributed by atoms with E-state index in [9.17, 15) is 4.39 Å². The minimum Gasteiger partial charge on any atom is -0.353 e. The second-order valence-corrected chi connectivity index (χ2v) is 7.66. The Morgan fingerprint density at radius 3 is 2.89 bits per heavy atom. The third kappa shape index (κ3) is 4.11. The number of aromatic nitrogens is 1. The first-order valence-electron chi connectivity index (χ1n) is 10.1. The van der Waals surface area contributed by atoms with E-state index >= 15 is 0 Å². The van der Waals surface area contributed by atoms with E-state index in [1.807, 2.05) is 11.8 Å². The number of nitrogens with zero attached hydrogens (tertiary/aromatic N) is 3. The predicted octanol–water partition coefficient (Wildman–Crippen LogP) is 3.22. The molecule has 1 aliphatic carbocycles. The lowest BCUT2D eigenvalue weighted by Gasteiger charge is -2.20. The molecule has 0 radical (unpaired) electrons. The highest BCUT2D eigenvalue weighted by molar-refractivity contribution is 5.81. The monoisotopic (exact) mass is 381 g/mol. The molecule has 2 N–H and O–H groups in total. The first kappa shape index (κ1) is 18.7. The summed E-state index contributed by atoms with van der Waals surface area (Å²) < 4.78 is 14.0. The molecule has 4 rings (SSSR count). The molecule has 148 valence electrons. The molecule has 28 heavy (non-hydrogen) atoms. The number of hydrogen-bond donors (Lipinski definition) is 2. The van der Waals surface area contributed by atoms with Crippen LogP contribution in [0.15, 0.2) is 47.6 Å². The molecular weight excluding hydrogens is 353 g/mol. The molecule has 1 aromatic heterocycles. The van der Waals surface area contributed by atoms with Crippen LogP contribution in [0.4, 0.5) is 10.2 Å². The van der Waals surface area contributed by atoms with Crippen molar-refractivity contribution in [2.24, 2.45) is 4.99 Å². The van der Waals surface area contributed by atoms with E-state index in [4.69, 9.17) is 0 Å². The van der Waals surface area contributed by atoms with Crippen molar-refractivity contribution >= 4 is 11.8 Å². The summed E-state index contributed by atoms with van der Waals surface area (Å²) in [5.41, 5.74) is 2.77.